The number of nitrogens with one attached hydrogen (secondary N) is 1. The second-order valence-corrected chi connectivity index (χ2v) is 4.59. The van der Waals surface area contributed by atoms with E-state index in [9.17, 15) is 4.39 Å². The van der Waals surface area contributed by atoms with Crippen molar-refractivity contribution in [1.29, 1.82) is 0 Å². The van der Waals surface area contributed by atoms with Crippen LogP contribution < -0.4 is 5.32 Å². The van der Waals surface area contributed by atoms with Crippen molar-refractivity contribution in [2.45, 2.75) is 33.2 Å². The van der Waals surface area contributed by atoms with Gasteiger partial charge in [-0.25, -0.2) is 4.39 Å². The molecule has 0 saturated heterocycles. The molecule has 0 aliphatic carbocycles. The molecule has 0 aromatic carbocycles. The molecule has 2 rings (SSSR count). The highest BCUT2D eigenvalue weighted by atomic mass is 19.1. The van der Waals surface area contributed by atoms with Crippen molar-refractivity contribution in [2.24, 2.45) is 0 Å². The fourth-order valence-electron chi connectivity index (χ4n) is 2.01. The average Bonchev–Trinajstić information content (AvgIpc) is 2.39. The molecule has 0 bridgehead atoms. The standard InChI is InChI=1S/C15H18FN3/c1-4-13(15-8-6-12(16)9-17-15)19-14-7-5-10(2)18-11(14)3/h5-9,13,19H,4H2,1-3H3. The summed E-state index contributed by atoms with van der Waals surface area (Å²) in [6, 6.07) is 7.20. The maximum atomic E-state index is 12.9. The van der Waals surface area contributed by atoms with Gasteiger partial charge in [-0.1, -0.05) is 6.92 Å². The topological polar surface area (TPSA) is 37.8 Å². The third-order valence-electron chi connectivity index (χ3n) is 3.07. The highest BCUT2D eigenvalue weighted by Crippen LogP contribution is 2.23. The minimum atomic E-state index is -0.313. The summed E-state index contributed by atoms with van der Waals surface area (Å²) in [6.07, 6.45) is 2.12. The van der Waals surface area contributed by atoms with Crippen LogP contribution in [0.4, 0.5) is 10.1 Å². The van der Waals surface area contributed by atoms with Crippen LogP contribution in [0.3, 0.4) is 0 Å². The Morgan fingerprint density at radius 2 is 2.00 bits per heavy atom. The average molecular weight is 259 g/mol. The number of halogens is 1. The van der Waals surface area contributed by atoms with E-state index in [1.165, 1.54) is 12.3 Å². The van der Waals surface area contributed by atoms with E-state index < -0.39 is 0 Å². The van der Waals surface area contributed by atoms with Gasteiger partial charge in [0.2, 0.25) is 0 Å². The van der Waals surface area contributed by atoms with Gasteiger partial charge in [0.1, 0.15) is 5.82 Å². The van der Waals surface area contributed by atoms with E-state index in [1.54, 1.807) is 6.07 Å². The number of rotatable bonds is 4. The second kappa shape index (κ2) is 5.78. The molecule has 4 heteroatoms. The Hall–Kier alpha value is -1.97. The van der Waals surface area contributed by atoms with Crippen LogP contribution in [0.5, 0.6) is 0 Å². The van der Waals surface area contributed by atoms with Gasteiger partial charge in [0.05, 0.1) is 29.3 Å². The lowest BCUT2D eigenvalue weighted by Crippen LogP contribution is -2.12. The van der Waals surface area contributed by atoms with Gasteiger partial charge >= 0.3 is 0 Å². The first-order valence-corrected chi connectivity index (χ1v) is 6.42. The first-order chi connectivity index (χ1) is 9.10. The zero-order valence-corrected chi connectivity index (χ0v) is 11.4. The summed E-state index contributed by atoms with van der Waals surface area (Å²) in [5, 5.41) is 3.41. The number of nitrogens with zero attached hydrogens (tertiary/aromatic N) is 2. The van der Waals surface area contributed by atoms with Gasteiger partial charge in [0.15, 0.2) is 0 Å². The Bertz CT molecular complexity index is 552. The SMILES string of the molecule is CCC(Nc1ccc(C)nc1C)c1ccc(F)cn1. The van der Waals surface area contributed by atoms with E-state index in [0.717, 1.165) is 29.2 Å². The summed E-state index contributed by atoms with van der Waals surface area (Å²) in [4.78, 5) is 8.56. The first kappa shape index (κ1) is 13.5. The van der Waals surface area contributed by atoms with Crippen LogP contribution in [0.2, 0.25) is 0 Å². The Labute approximate surface area is 112 Å². The number of aromatic nitrogens is 2. The molecule has 2 aromatic heterocycles. The second-order valence-electron chi connectivity index (χ2n) is 4.59. The van der Waals surface area contributed by atoms with Crippen LogP contribution >= 0.6 is 0 Å². The smallest absolute Gasteiger partial charge is 0.141 e. The summed E-state index contributed by atoms with van der Waals surface area (Å²) >= 11 is 0. The molecule has 0 spiro atoms. The highest BCUT2D eigenvalue weighted by Gasteiger charge is 2.12. The van der Waals surface area contributed by atoms with E-state index >= 15 is 0 Å². The predicted molar refractivity (Wildman–Crippen MR) is 74.6 cm³/mol. The normalized spacial score (nSPS) is 12.2. The van der Waals surface area contributed by atoms with Crippen LogP contribution in [-0.4, -0.2) is 9.97 Å². The third-order valence-corrected chi connectivity index (χ3v) is 3.07. The molecule has 19 heavy (non-hydrogen) atoms. The van der Waals surface area contributed by atoms with E-state index in [1.807, 2.05) is 26.0 Å². The van der Waals surface area contributed by atoms with Crippen molar-refractivity contribution >= 4 is 5.69 Å². The van der Waals surface area contributed by atoms with Crippen molar-refractivity contribution in [3.63, 3.8) is 0 Å². The number of hydrogen-bond acceptors (Lipinski definition) is 3. The van der Waals surface area contributed by atoms with Gasteiger partial charge in [0.25, 0.3) is 0 Å². The summed E-state index contributed by atoms with van der Waals surface area (Å²) in [5.74, 6) is -0.313. The van der Waals surface area contributed by atoms with Crippen LogP contribution in [0.15, 0.2) is 30.5 Å². The van der Waals surface area contributed by atoms with E-state index in [2.05, 4.69) is 22.2 Å². The lowest BCUT2D eigenvalue weighted by atomic mass is 10.1. The molecule has 0 fully saturated rings. The molecular formula is C15H18FN3. The van der Waals surface area contributed by atoms with Crippen molar-refractivity contribution in [2.75, 3.05) is 5.32 Å². The van der Waals surface area contributed by atoms with Crippen molar-refractivity contribution < 1.29 is 4.39 Å². The van der Waals surface area contributed by atoms with Crippen molar-refractivity contribution in [3.8, 4) is 0 Å². The molecular weight excluding hydrogens is 241 g/mol. The van der Waals surface area contributed by atoms with Crippen molar-refractivity contribution in [3.05, 3.63) is 53.4 Å². The third kappa shape index (κ3) is 3.28. The lowest BCUT2D eigenvalue weighted by Gasteiger charge is -2.19. The monoisotopic (exact) mass is 259 g/mol. The molecule has 0 aliphatic heterocycles. The summed E-state index contributed by atoms with van der Waals surface area (Å²) < 4.78 is 12.9. The zero-order chi connectivity index (χ0) is 13.8. The summed E-state index contributed by atoms with van der Waals surface area (Å²) in [5.41, 5.74) is 3.78. The van der Waals surface area contributed by atoms with Gasteiger partial charge in [0, 0.05) is 5.69 Å². The van der Waals surface area contributed by atoms with Gasteiger partial charge in [-0.2, -0.15) is 0 Å². The maximum absolute atomic E-state index is 12.9. The van der Waals surface area contributed by atoms with Crippen LogP contribution in [0.1, 0.15) is 36.5 Å². The molecule has 1 atom stereocenters. The maximum Gasteiger partial charge on any atom is 0.141 e. The van der Waals surface area contributed by atoms with Crippen LogP contribution in [0.25, 0.3) is 0 Å². The minimum absolute atomic E-state index is 0.0591. The van der Waals surface area contributed by atoms with E-state index in [0.29, 0.717) is 0 Å². The molecule has 2 aromatic rings. The van der Waals surface area contributed by atoms with Gasteiger partial charge < -0.3 is 5.32 Å². The fraction of sp³-hybridized carbons (Fsp3) is 0.333. The van der Waals surface area contributed by atoms with Gasteiger partial charge in [-0.3, -0.25) is 9.97 Å². The molecule has 0 radical (unpaired) electrons. The predicted octanol–water partition coefficient (Wildman–Crippen LogP) is 3.80. The lowest BCUT2D eigenvalue weighted by molar-refractivity contribution is 0.614. The molecule has 0 saturated carbocycles. The van der Waals surface area contributed by atoms with Crippen LogP contribution in [0, 0.1) is 19.7 Å². The molecule has 0 aliphatic rings. The Balaban J connectivity index is 2.21. The molecule has 1 unspecified atom stereocenters. The fourth-order valence-corrected chi connectivity index (χ4v) is 2.01. The summed E-state index contributed by atoms with van der Waals surface area (Å²) in [6.45, 7) is 6.01. The molecule has 100 valence electrons. The van der Waals surface area contributed by atoms with Crippen molar-refractivity contribution in [1.82, 2.24) is 9.97 Å². The molecule has 0 amide bonds. The number of pyridine rings is 2. The Morgan fingerprint density at radius 3 is 2.58 bits per heavy atom. The highest BCUT2D eigenvalue weighted by molar-refractivity contribution is 5.49. The molecule has 2 heterocycles. The number of hydrogen-bond donors (Lipinski definition) is 1. The minimum Gasteiger partial charge on any atom is -0.375 e. The zero-order valence-electron chi connectivity index (χ0n) is 11.4. The Kier molecular flexibility index (Phi) is 4.10. The molecule has 3 nitrogen and oxygen atoms in total. The largest absolute Gasteiger partial charge is 0.375 e. The number of anilines is 1. The quantitative estimate of drug-likeness (QED) is 0.907. The molecule has 1 N–H and O–H groups in total. The van der Waals surface area contributed by atoms with E-state index in [-0.39, 0.29) is 11.9 Å². The van der Waals surface area contributed by atoms with Gasteiger partial charge in [-0.05, 0) is 44.5 Å². The van der Waals surface area contributed by atoms with Gasteiger partial charge in [-0.15, -0.1) is 0 Å². The number of aryl methyl sites for hydroxylation is 2. The first-order valence-electron chi connectivity index (χ1n) is 6.42. The Morgan fingerprint density at radius 1 is 1.21 bits per heavy atom. The summed E-state index contributed by atoms with van der Waals surface area (Å²) in [7, 11) is 0. The van der Waals surface area contributed by atoms with E-state index in [4.69, 9.17) is 0 Å². The van der Waals surface area contributed by atoms with Crippen LogP contribution in [-0.2, 0) is 0 Å².